The molecule has 0 fully saturated rings. The number of nitrogens with zero attached hydrogens (tertiary/aromatic N) is 2. The van der Waals surface area contributed by atoms with Crippen molar-refractivity contribution in [2.24, 2.45) is 5.92 Å². The van der Waals surface area contributed by atoms with Gasteiger partial charge in [0.15, 0.2) is 4.34 Å². The van der Waals surface area contributed by atoms with E-state index in [1.54, 1.807) is 36.0 Å². The summed E-state index contributed by atoms with van der Waals surface area (Å²) in [7, 11) is 0. The third-order valence-electron chi connectivity index (χ3n) is 3.57. The van der Waals surface area contributed by atoms with Crippen LogP contribution in [0.5, 0.6) is 5.75 Å². The van der Waals surface area contributed by atoms with Crippen LogP contribution in [0.4, 0.5) is 5.13 Å². The minimum absolute atomic E-state index is 0.0888. The summed E-state index contributed by atoms with van der Waals surface area (Å²) in [6.45, 7) is 8.23. The fraction of sp³-hybridized carbons (Fsp3) is 0.444. The quantitative estimate of drug-likeness (QED) is 0.488. The number of anilines is 1. The summed E-state index contributed by atoms with van der Waals surface area (Å²) >= 11 is 2.88. The van der Waals surface area contributed by atoms with Gasteiger partial charge in [0, 0.05) is 5.56 Å². The molecule has 2 rings (SSSR count). The fourth-order valence-electron chi connectivity index (χ4n) is 2.25. The van der Waals surface area contributed by atoms with E-state index in [4.69, 9.17) is 4.74 Å². The average Bonchev–Trinajstić information content (AvgIpc) is 3.07. The van der Waals surface area contributed by atoms with Crippen molar-refractivity contribution in [1.29, 1.82) is 0 Å². The normalized spacial score (nSPS) is 11.9. The van der Waals surface area contributed by atoms with Gasteiger partial charge < -0.3 is 10.1 Å². The number of carbonyl (C=O) groups excluding carboxylic acids is 2. The van der Waals surface area contributed by atoms with Gasteiger partial charge in [-0.05, 0) is 42.9 Å². The molecule has 0 bridgehead atoms. The van der Waals surface area contributed by atoms with Crippen molar-refractivity contribution in [2.45, 2.75) is 38.1 Å². The Morgan fingerprint density at radius 1 is 1.19 bits per heavy atom. The van der Waals surface area contributed by atoms with Crippen LogP contribution in [-0.4, -0.2) is 40.4 Å². The monoisotopic (exact) mass is 408 g/mol. The van der Waals surface area contributed by atoms with E-state index in [2.05, 4.69) is 20.8 Å². The number of carbonyl (C=O) groups is 2. The summed E-state index contributed by atoms with van der Waals surface area (Å²) in [4.78, 5) is 25.1. The zero-order valence-corrected chi connectivity index (χ0v) is 17.4. The molecule has 0 aliphatic rings. The van der Waals surface area contributed by atoms with E-state index >= 15 is 0 Å². The molecule has 0 saturated carbocycles. The molecule has 0 saturated heterocycles. The summed E-state index contributed by atoms with van der Waals surface area (Å²) in [6, 6.07) is 6.13. The fourth-order valence-corrected chi connectivity index (χ4v) is 3.91. The lowest BCUT2D eigenvalue weighted by Gasteiger charge is -2.21. The Morgan fingerprint density at radius 3 is 2.48 bits per heavy atom. The summed E-state index contributed by atoms with van der Waals surface area (Å²) in [6.07, 6.45) is 0. The number of thioether (sulfide) groups is 1. The lowest BCUT2D eigenvalue weighted by Crippen LogP contribution is -2.47. The van der Waals surface area contributed by atoms with Crippen LogP contribution < -0.4 is 15.4 Å². The van der Waals surface area contributed by atoms with E-state index in [9.17, 15) is 9.59 Å². The van der Waals surface area contributed by atoms with Crippen molar-refractivity contribution in [1.82, 2.24) is 15.5 Å². The van der Waals surface area contributed by atoms with Crippen LogP contribution in [0, 0.1) is 5.92 Å². The van der Waals surface area contributed by atoms with Crippen LogP contribution in [0.3, 0.4) is 0 Å². The maximum atomic E-state index is 12.6. The first-order valence-electron chi connectivity index (χ1n) is 8.75. The smallest absolute Gasteiger partial charge is 0.251 e. The zero-order chi connectivity index (χ0) is 19.8. The lowest BCUT2D eigenvalue weighted by molar-refractivity contribution is -0.118. The number of nitrogens with one attached hydrogen (secondary N) is 2. The molecule has 2 amide bonds. The Balaban J connectivity index is 2.02. The molecule has 146 valence electrons. The SMILES string of the molecule is CCOc1ccc(C(=O)N[C@@H](C(=O)Nc2nnc(SCC)s2)C(C)C)cc1. The number of aromatic nitrogens is 2. The van der Waals surface area contributed by atoms with Gasteiger partial charge in [-0.15, -0.1) is 10.2 Å². The van der Waals surface area contributed by atoms with Crippen molar-refractivity contribution in [3.8, 4) is 5.75 Å². The molecule has 9 heteroatoms. The van der Waals surface area contributed by atoms with Crippen LogP contribution >= 0.6 is 23.1 Å². The predicted molar refractivity (Wildman–Crippen MR) is 109 cm³/mol. The van der Waals surface area contributed by atoms with Crippen LogP contribution in [0.2, 0.25) is 0 Å². The maximum absolute atomic E-state index is 12.6. The Kier molecular flexibility index (Phi) is 8.05. The Bertz CT molecular complexity index is 762. The van der Waals surface area contributed by atoms with E-state index < -0.39 is 6.04 Å². The molecule has 2 aromatic rings. The second-order valence-electron chi connectivity index (χ2n) is 5.95. The molecule has 0 spiro atoms. The standard InChI is InChI=1S/C18H24N4O3S2/c1-5-25-13-9-7-12(8-10-13)15(23)19-14(11(3)4)16(24)20-17-21-22-18(27-17)26-6-2/h7-11,14H,5-6H2,1-4H3,(H,19,23)(H,20,21,24)/t14-/m1/s1. The largest absolute Gasteiger partial charge is 0.494 e. The highest BCUT2D eigenvalue weighted by molar-refractivity contribution is 8.01. The highest BCUT2D eigenvalue weighted by Gasteiger charge is 2.25. The van der Waals surface area contributed by atoms with Crippen molar-refractivity contribution in [2.75, 3.05) is 17.7 Å². The van der Waals surface area contributed by atoms with Gasteiger partial charge in [0.2, 0.25) is 11.0 Å². The highest BCUT2D eigenvalue weighted by atomic mass is 32.2. The van der Waals surface area contributed by atoms with E-state index in [1.165, 1.54) is 11.3 Å². The first kappa shape index (κ1) is 21.2. The molecule has 1 atom stereocenters. The third kappa shape index (κ3) is 6.21. The molecule has 7 nitrogen and oxygen atoms in total. The first-order valence-corrected chi connectivity index (χ1v) is 10.6. The van der Waals surface area contributed by atoms with E-state index in [0.29, 0.717) is 23.1 Å². The van der Waals surface area contributed by atoms with Crippen LogP contribution in [0.1, 0.15) is 38.1 Å². The number of benzene rings is 1. The number of hydrogen-bond acceptors (Lipinski definition) is 7. The minimum Gasteiger partial charge on any atom is -0.494 e. The third-order valence-corrected chi connectivity index (χ3v) is 5.42. The lowest BCUT2D eigenvalue weighted by atomic mass is 10.0. The molecular weight excluding hydrogens is 384 g/mol. The number of amides is 2. The molecule has 27 heavy (non-hydrogen) atoms. The maximum Gasteiger partial charge on any atom is 0.251 e. The van der Waals surface area contributed by atoms with E-state index in [-0.39, 0.29) is 17.7 Å². The molecule has 1 aromatic heterocycles. The molecule has 2 N–H and O–H groups in total. The average molecular weight is 409 g/mol. The van der Waals surface area contributed by atoms with Gasteiger partial charge in [-0.25, -0.2) is 0 Å². The van der Waals surface area contributed by atoms with Crippen LogP contribution in [-0.2, 0) is 4.79 Å². The number of rotatable bonds is 9. The van der Waals surface area contributed by atoms with Gasteiger partial charge in [0.25, 0.3) is 5.91 Å². The minimum atomic E-state index is -0.685. The molecule has 0 aliphatic carbocycles. The van der Waals surface area contributed by atoms with Gasteiger partial charge in [-0.1, -0.05) is 43.9 Å². The number of ether oxygens (including phenoxy) is 1. The molecule has 1 heterocycles. The van der Waals surface area contributed by atoms with Crippen molar-refractivity contribution >= 4 is 40.0 Å². The van der Waals surface area contributed by atoms with Crippen molar-refractivity contribution < 1.29 is 14.3 Å². The summed E-state index contributed by atoms with van der Waals surface area (Å²) in [5, 5.41) is 13.9. The second kappa shape index (κ2) is 10.3. The predicted octanol–water partition coefficient (Wildman–Crippen LogP) is 3.44. The van der Waals surface area contributed by atoms with Gasteiger partial charge in [0.1, 0.15) is 11.8 Å². The van der Waals surface area contributed by atoms with Gasteiger partial charge >= 0.3 is 0 Å². The van der Waals surface area contributed by atoms with Crippen LogP contribution in [0.25, 0.3) is 0 Å². The number of hydrogen-bond donors (Lipinski definition) is 2. The Labute approximate surface area is 167 Å². The van der Waals surface area contributed by atoms with Gasteiger partial charge in [0.05, 0.1) is 6.61 Å². The molecule has 1 aromatic carbocycles. The highest BCUT2D eigenvalue weighted by Crippen LogP contribution is 2.25. The van der Waals surface area contributed by atoms with E-state index in [1.807, 2.05) is 27.7 Å². The van der Waals surface area contributed by atoms with Crippen molar-refractivity contribution in [3.63, 3.8) is 0 Å². The van der Waals surface area contributed by atoms with E-state index in [0.717, 1.165) is 10.1 Å². The molecule has 0 radical (unpaired) electrons. The Hall–Kier alpha value is -2.13. The zero-order valence-electron chi connectivity index (χ0n) is 15.8. The second-order valence-corrected chi connectivity index (χ2v) is 8.44. The topological polar surface area (TPSA) is 93.2 Å². The summed E-state index contributed by atoms with van der Waals surface area (Å²) in [5.41, 5.74) is 0.467. The molecule has 0 unspecified atom stereocenters. The first-order chi connectivity index (χ1) is 12.9. The van der Waals surface area contributed by atoms with Crippen LogP contribution in [0.15, 0.2) is 28.6 Å². The van der Waals surface area contributed by atoms with Gasteiger partial charge in [-0.2, -0.15) is 0 Å². The summed E-state index contributed by atoms with van der Waals surface area (Å²) < 4.78 is 6.17. The van der Waals surface area contributed by atoms with Crippen molar-refractivity contribution in [3.05, 3.63) is 29.8 Å². The summed E-state index contributed by atoms with van der Waals surface area (Å²) in [5.74, 6) is 0.869. The molecular formula is C18H24N4O3S2. The van der Waals surface area contributed by atoms with Gasteiger partial charge in [-0.3, -0.25) is 14.9 Å². The Morgan fingerprint density at radius 2 is 1.89 bits per heavy atom. The molecule has 0 aliphatic heterocycles.